The van der Waals surface area contributed by atoms with E-state index in [9.17, 15) is 9.59 Å². The van der Waals surface area contributed by atoms with Gasteiger partial charge in [-0.3, -0.25) is 9.59 Å². The molecule has 1 fully saturated rings. The molecule has 0 atom stereocenters. The van der Waals surface area contributed by atoms with Crippen LogP contribution in [-0.2, 0) is 21.5 Å². The Bertz CT molecular complexity index is 1020. The Balaban J connectivity index is 1.40. The maximum absolute atomic E-state index is 13.3. The number of imidazole rings is 1. The van der Waals surface area contributed by atoms with Crippen molar-refractivity contribution in [2.75, 3.05) is 19.6 Å². The van der Waals surface area contributed by atoms with E-state index in [0.29, 0.717) is 32.5 Å². The molecule has 0 aliphatic carbocycles. The van der Waals surface area contributed by atoms with Crippen molar-refractivity contribution in [3.8, 4) is 0 Å². The molecule has 1 aliphatic rings. The SMILES string of the molecule is CC(=O)N1CCC(C(=O)NCCCn2cnc3ccccc32)(c2ccccc2)CC1. The van der Waals surface area contributed by atoms with Gasteiger partial charge in [-0.15, -0.1) is 0 Å². The van der Waals surface area contributed by atoms with Crippen LogP contribution in [0.1, 0.15) is 31.7 Å². The molecule has 2 heterocycles. The average molecular weight is 405 g/mol. The van der Waals surface area contributed by atoms with E-state index in [1.54, 1.807) is 6.92 Å². The molecule has 1 aromatic heterocycles. The first-order valence-corrected chi connectivity index (χ1v) is 10.6. The lowest BCUT2D eigenvalue weighted by Crippen LogP contribution is -2.52. The summed E-state index contributed by atoms with van der Waals surface area (Å²) in [5, 5.41) is 3.17. The number of hydrogen-bond donors (Lipinski definition) is 1. The Kier molecular flexibility index (Phi) is 5.84. The molecule has 0 saturated carbocycles. The van der Waals surface area contributed by atoms with Crippen molar-refractivity contribution < 1.29 is 9.59 Å². The lowest BCUT2D eigenvalue weighted by molar-refractivity contribution is -0.135. The second kappa shape index (κ2) is 8.69. The fourth-order valence-corrected chi connectivity index (χ4v) is 4.42. The summed E-state index contributed by atoms with van der Waals surface area (Å²) < 4.78 is 2.12. The minimum Gasteiger partial charge on any atom is -0.355 e. The van der Waals surface area contributed by atoms with Gasteiger partial charge in [-0.05, 0) is 37.0 Å². The quantitative estimate of drug-likeness (QED) is 0.642. The van der Waals surface area contributed by atoms with Crippen LogP contribution >= 0.6 is 0 Å². The van der Waals surface area contributed by atoms with Crippen molar-refractivity contribution in [2.45, 2.75) is 38.1 Å². The molecule has 0 spiro atoms. The van der Waals surface area contributed by atoms with E-state index in [0.717, 1.165) is 29.6 Å². The number of carbonyl (C=O) groups excluding carboxylic acids is 2. The number of amides is 2. The van der Waals surface area contributed by atoms with E-state index >= 15 is 0 Å². The van der Waals surface area contributed by atoms with Gasteiger partial charge in [0.25, 0.3) is 0 Å². The van der Waals surface area contributed by atoms with Crippen molar-refractivity contribution >= 4 is 22.8 Å². The number of fused-ring (bicyclic) bond motifs is 1. The standard InChI is InChI=1S/C24H28N4O2/c1-19(29)27-16-12-24(13-17-27,20-8-3-2-4-9-20)23(30)25-14-7-15-28-18-26-21-10-5-6-11-22(21)28/h2-6,8-11,18H,7,12-17H2,1H3,(H,25,30). The smallest absolute Gasteiger partial charge is 0.230 e. The van der Waals surface area contributed by atoms with Crippen molar-refractivity contribution in [3.63, 3.8) is 0 Å². The Hall–Kier alpha value is -3.15. The molecular weight excluding hydrogens is 376 g/mol. The number of likely N-dealkylation sites (tertiary alicyclic amines) is 1. The summed E-state index contributed by atoms with van der Waals surface area (Å²) in [6, 6.07) is 18.0. The highest BCUT2D eigenvalue weighted by molar-refractivity contribution is 5.88. The van der Waals surface area contributed by atoms with Crippen LogP contribution in [-0.4, -0.2) is 45.9 Å². The van der Waals surface area contributed by atoms with E-state index in [1.165, 1.54) is 0 Å². The van der Waals surface area contributed by atoms with Gasteiger partial charge in [0.05, 0.1) is 22.8 Å². The van der Waals surface area contributed by atoms with Crippen molar-refractivity contribution in [1.29, 1.82) is 0 Å². The molecule has 1 saturated heterocycles. The summed E-state index contributed by atoms with van der Waals surface area (Å²) in [7, 11) is 0. The van der Waals surface area contributed by atoms with Gasteiger partial charge in [0.2, 0.25) is 11.8 Å². The van der Waals surface area contributed by atoms with Gasteiger partial charge in [0, 0.05) is 33.1 Å². The van der Waals surface area contributed by atoms with Crippen LogP contribution in [0.25, 0.3) is 11.0 Å². The van der Waals surface area contributed by atoms with Gasteiger partial charge < -0.3 is 14.8 Å². The van der Waals surface area contributed by atoms with Crippen molar-refractivity contribution in [1.82, 2.24) is 19.8 Å². The summed E-state index contributed by atoms with van der Waals surface area (Å²) in [6.45, 7) is 4.22. The first-order chi connectivity index (χ1) is 14.6. The minimum absolute atomic E-state index is 0.0624. The molecule has 1 aliphatic heterocycles. The van der Waals surface area contributed by atoms with Gasteiger partial charge in [0.1, 0.15) is 0 Å². The lowest BCUT2D eigenvalue weighted by atomic mass is 9.72. The van der Waals surface area contributed by atoms with Crippen molar-refractivity contribution in [3.05, 3.63) is 66.5 Å². The molecule has 2 amide bonds. The van der Waals surface area contributed by atoms with E-state index in [2.05, 4.69) is 20.9 Å². The number of benzene rings is 2. The molecule has 156 valence electrons. The number of aryl methyl sites for hydroxylation is 1. The number of nitrogens with one attached hydrogen (secondary N) is 1. The van der Waals surface area contributed by atoms with Crippen LogP contribution < -0.4 is 5.32 Å². The van der Waals surface area contributed by atoms with Crippen LogP contribution in [0.4, 0.5) is 0 Å². The van der Waals surface area contributed by atoms with E-state index in [1.807, 2.05) is 59.8 Å². The Morgan fingerprint density at radius 1 is 1.03 bits per heavy atom. The first-order valence-electron chi connectivity index (χ1n) is 10.6. The van der Waals surface area contributed by atoms with Gasteiger partial charge in [-0.1, -0.05) is 42.5 Å². The summed E-state index contributed by atoms with van der Waals surface area (Å²) in [6.07, 6.45) is 3.98. The Morgan fingerprint density at radius 2 is 1.73 bits per heavy atom. The summed E-state index contributed by atoms with van der Waals surface area (Å²) >= 11 is 0. The molecule has 3 aromatic rings. The van der Waals surface area contributed by atoms with Gasteiger partial charge in [-0.2, -0.15) is 0 Å². The molecule has 4 rings (SSSR count). The van der Waals surface area contributed by atoms with E-state index in [4.69, 9.17) is 0 Å². The summed E-state index contributed by atoms with van der Waals surface area (Å²) in [5.74, 6) is 0.136. The van der Waals surface area contributed by atoms with Crippen LogP contribution in [0.15, 0.2) is 60.9 Å². The summed E-state index contributed by atoms with van der Waals surface area (Å²) in [4.78, 5) is 31.3. The third kappa shape index (κ3) is 3.95. The van der Waals surface area contributed by atoms with Gasteiger partial charge >= 0.3 is 0 Å². The second-order valence-electron chi connectivity index (χ2n) is 7.99. The number of nitrogens with zero attached hydrogens (tertiary/aromatic N) is 3. The molecule has 0 unspecified atom stereocenters. The zero-order chi connectivity index (χ0) is 21.0. The number of hydrogen-bond acceptors (Lipinski definition) is 3. The largest absolute Gasteiger partial charge is 0.355 e. The third-order valence-electron chi connectivity index (χ3n) is 6.21. The number of rotatable bonds is 6. The number of carbonyl (C=O) groups is 2. The molecular formula is C24H28N4O2. The normalized spacial score (nSPS) is 15.8. The Labute approximate surface area is 176 Å². The predicted octanol–water partition coefficient (Wildman–Crippen LogP) is 3.12. The van der Waals surface area contributed by atoms with Crippen LogP contribution in [0.5, 0.6) is 0 Å². The highest BCUT2D eigenvalue weighted by Gasteiger charge is 2.43. The number of piperidine rings is 1. The molecule has 6 nitrogen and oxygen atoms in total. The zero-order valence-corrected chi connectivity index (χ0v) is 17.4. The Morgan fingerprint density at radius 3 is 2.47 bits per heavy atom. The highest BCUT2D eigenvalue weighted by atomic mass is 16.2. The fraction of sp³-hybridized carbons (Fsp3) is 0.375. The molecule has 0 radical (unpaired) electrons. The first kappa shape index (κ1) is 20.1. The average Bonchev–Trinajstić information content (AvgIpc) is 3.20. The summed E-state index contributed by atoms with van der Waals surface area (Å²) in [5.41, 5.74) is 2.56. The molecule has 2 aromatic carbocycles. The highest BCUT2D eigenvalue weighted by Crippen LogP contribution is 2.36. The molecule has 0 bridgehead atoms. The second-order valence-corrected chi connectivity index (χ2v) is 7.99. The van der Waals surface area contributed by atoms with Crippen molar-refractivity contribution in [2.24, 2.45) is 0 Å². The van der Waals surface area contributed by atoms with Crippen LogP contribution in [0.3, 0.4) is 0 Å². The molecule has 1 N–H and O–H groups in total. The predicted molar refractivity (Wildman–Crippen MR) is 117 cm³/mol. The monoisotopic (exact) mass is 404 g/mol. The van der Waals surface area contributed by atoms with E-state index < -0.39 is 5.41 Å². The molecule has 30 heavy (non-hydrogen) atoms. The maximum atomic E-state index is 13.3. The van der Waals surface area contributed by atoms with Crippen LogP contribution in [0, 0.1) is 0 Å². The topological polar surface area (TPSA) is 67.2 Å². The third-order valence-corrected chi connectivity index (χ3v) is 6.21. The van der Waals surface area contributed by atoms with Crippen LogP contribution in [0.2, 0.25) is 0 Å². The number of para-hydroxylation sites is 2. The van der Waals surface area contributed by atoms with Gasteiger partial charge in [-0.25, -0.2) is 4.98 Å². The zero-order valence-electron chi connectivity index (χ0n) is 17.4. The van der Waals surface area contributed by atoms with E-state index in [-0.39, 0.29) is 11.8 Å². The maximum Gasteiger partial charge on any atom is 0.230 e. The number of aromatic nitrogens is 2. The lowest BCUT2D eigenvalue weighted by Gasteiger charge is -2.40. The molecule has 6 heteroatoms. The van der Waals surface area contributed by atoms with Gasteiger partial charge in [0.15, 0.2) is 0 Å². The fourth-order valence-electron chi connectivity index (χ4n) is 4.42. The minimum atomic E-state index is -0.574.